The lowest BCUT2D eigenvalue weighted by Crippen LogP contribution is -2.12. The van der Waals surface area contributed by atoms with Gasteiger partial charge in [0.2, 0.25) is 10.0 Å². The molecule has 2 rings (SSSR count). The van der Waals surface area contributed by atoms with E-state index >= 15 is 0 Å². The highest BCUT2D eigenvalue weighted by Gasteiger charge is 2.13. The average molecular weight is 335 g/mol. The van der Waals surface area contributed by atoms with Gasteiger partial charge in [-0.1, -0.05) is 18.2 Å². The van der Waals surface area contributed by atoms with Gasteiger partial charge in [-0.3, -0.25) is 0 Å². The van der Waals surface area contributed by atoms with Crippen molar-refractivity contribution in [2.45, 2.75) is 4.90 Å². The summed E-state index contributed by atoms with van der Waals surface area (Å²) < 4.78 is 22.4. The van der Waals surface area contributed by atoms with Crippen molar-refractivity contribution in [2.75, 3.05) is 0 Å². The van der Waals surface area contributed by atoms with Crippen LogP contribution in [0.25, 0.3) is 11.6 Å². The Labute approximate surface area is 132 Å². The van der Waals surface area contributed by atoms with E-state index in [1.165, 1.54) is 48.5 Å². The molecule has 0 bridgehead atoms. The number of sulfonamides is 1. The van der Waals surface area contributed by atoms with Crippen molar-refractivity contribution in [3.8, 4) is 11.5 Å². The fraction of sp³-hybridized carbons (Fsp3) is 0. The average Bonchev–Trinajstić information content (AvgIpc) is 2.47. The summed E-state index contributed by atoms with van der Waals surface area (Å²) in [6, 6.07) is 8.91. The first-order valence-corrected chi connectivity index (χ1v) is 7.83. The molecule has 0 heterocycles. The van der Waals surface area contributed by atoms with Gasteiger partial charge in [-0.15, -0.1) is 0 Å². The van der Waals surface area contributed by atoms with Gasteiger partial charge in [-0.25, -0.2) is 18.4 Å². The minimum Gasteiger partial charge on any atom is -0.504 e. The summed E-state index contributed by atoms with van der Waals surface area (Å²) in [6.45, 7) is 0. The zero-order chi connectivity index (χ0) is 17.2. The van der Waals surface area contributed by atoms with E-state index in [4.69, 9.17) is 5.14 Å². The maximum absolute atomic E-state index is 11.4. The first-order valence-electron chi connectivity index (χ1n) is 6.28. The van der Waals surface area contributed by atoms with Crippen molar-refractivity contribution in [1.29, 1.82) is 0 Å². The van der Waals surface area contributed by atoms with E-state index < -0.39 is 16.0 Å². The van der Waals surface area contributed by atoms with Crippen LogP contribution in [-0.2, 0) is 14.8 Å². The number of primary sulfonamides is 1. The van der Waals surface area contributed by atoms with Crippen molar-refractivity contribution in [3.63, 3.8) is 0 Å². The quantitative estimate of drug-likeness (QED) is 0.378. The van der Waals surface area contributed by atoms with Gasteiger partial charge in [-0.2, -0.15) is 0 Å². The Morgan fingerprint density at radius 2 is 1.61 bits per heavy atom. The van der Waals surface area contributed by atoms with E-state index in [2.05, 4.69) is 0 Å². The number of hydrogen-bond donors (Lipinski definition) is 4. The second-order valence-corrected chi connectivity index (χ2v) is 6.24. The van der Waals surface area contributed by atoms with Gasteiger partial charge in [0.15, 0.2) is 11.5 Å². The summed E-state index contributed by atoms with van der Waals surface area (Å²) in [4.78, 5) is 11.3. The number of carbonyl (C=O) groups is 1. The topological polar surface area (TPSA) is 138 Å². The molecule has 0 aliphatic rings. The first-order chi connectivity index (χ1) is 10.7. The number of aliphatic carboxylic acids is 1. The second kappa shape index (κ2) is 6.11. The van der Waals surface area contributed by atoms with Crippen LogP contribution < -0.4 is 5.14 Å². The molecular weight excluding hydrogens is 322 g/mol. The van der Waals surface area contributed by atoms with Crippen molar-refractivity contribution >= 4 is 27.6 Å². The predicted octanol–water partition coefficient (Wildman–Crippen LogP) is 1.37. The summed E-state index contributed by atoms with van der Waals surface area (Å²) in [6.07, 6.45) is 1.29. The Kier molecular flexibility index (Phi) is 4.39. The molecule has 8 heteroatoms. The first kappa shape index (κ1) is 16.5. The van der Waals surface area contributed by atoms with Gasteiger partial charge >= 0.3 is 5.97 Å². The monoisotopic (exact) mass is 335 g/mol. The lowest BCUT2D eigenvalue weighted by Gasteiger charge is -2.05. The number of phenolic OH excluding ortho intramolecular Hbond substituents is 2. The van der Waals surface area contributed by atoms with Crippen LogP contribution in [0.1, 0.15) is 11.1 Å². The Morgan fingerprint density at radius 1 is 1.00 bits per heavy atom. The molecule has 5 N–H and O–H groups in total. The van der Waals surface area contributed by atoms with E-state index in [-0.39, 0.29) is 27.5 Å². The number of phenols is 2. The molecule has 0 unspecified atom stereocenters. The largest absolute Gasteiger partial charge is 0.504 e. The summed E-state index contributed by atoms with van der Waals surface area (Å²) in [7, 11) is -3.86. The summed E-state index contributed by atoms with van der Waals surface area (Å²) in [5.74, 6) is -1.94. The van der Waals surface area contributed by atoms with Gasteiger partial charge in [0.05, 0.1) is 10.5 Å². The van der Waals surface area contributed by atoms with Crippen LogP contribution in [-0.4, -0.2) is 29.7 Å². The fourth-order valence-electron chi connectivity index (χ4n) is 1.89. The molecule has 0 aliphatic carbocycles. The van der Waals surface area contributed by atoms with Crippen LogP contribution in [0, 0.1) is 0 Å². The molecule has 0 aliphatic heterocycles. The second-order valence-electron chi connectivity index (χ2n) is 4.68. The van der Waals surface area contributed by atoms with Crippen LogP contribution in [0.5, 0.6) is 11.5 Å². The van der Waals surface area contributed by atoms with Crippen molar-refractivity contribution in [1.82, 2.24) is 0 Å². The SMILES string of the molecule is NS(=O)(=O)c1ccc(/C(=C\c2ccc(O)c(O)c2)C(=O)O)cc1. The molecule has 2 aromatic rings. The van der Waals surface area contributed by atoms with E-state index in [0.717, 1.165) is 0 Å². The standard InChI is InChI=1S/C15H13NO6S/c16-23(21,22)11-4-2-10(3-5-11)12(15(19)20)7-9-1-6-13(17)14(18)8-9/h1-8,17-18H,(H,19,20)(H2,16,21,22)/b12-7+. The Morgan fingerprint density at radius 3 is 2.09 bits per heavy atom. The molecule has 0 radical (unpaired) electrons. The predicted molar refractivity (Wildman–Crippen MR) is 83.1 cm³/mol. The number of rotatable bonds is 4. The van der Waals surface area contributed by atoms with Gasteiger partial charge in [0.1, 0.15) is 0 Å². The molecule has 0 aromatic heterocycles. The van der Waals surface area contributed by atoms with Crippen LogP contribution >= 0.6 is 0 Å². The highest BCUT2D eigenvalue weighted by molar-refractivity contribution is 7.89. The molecular formula is C15H13NO6S. The Balaban J connectivity index is 2.48. The maximum atomic E-state index is 11.4. The van der Waals surface area contributed by atoms with Crippen LogP contribution in [0.4, 0.5) is 0 Å². The zero-order valence-electron chi connectivity index (χ0n) is 11.7. The Bertz CT molecular complexity index is 885. The number of carboxylic acid groups (broad SMARTS) is 1. The number of carboxylic acids is 1. The molecule has 7 nitrogen and oxygen atoms in total. The summed E-state index contributed by atoms with van der Waals surface area (Å²) in [5, 5.41) is 33.0. The molecule has 120 valence electrons. The van der Waals surface area contributed by atoms with Crippen molar-refractivity contribution < 1.29 is 28.5 Å². The van der Waals surface area contributed by atoms with Crippen LogP contribution in [0.15, 0.2) is 47.4 Å². The van der Waals surface area contributed by atoms with Gasteiger partial charge in [0, 0.05) is 0 Å². The highest BCUT2D eigenvalue weighted by atomic mass is 32.2. The minimum absolute atomic E-state index is 0.115. The molecule has 0 saturated carbocycles. The normalized spacial score (nSPS) is 12.1. The third-order valence-corrected chi connectivity index (χ3v) is 3.96. The molecule has 0 atom stereocenters. The smallest absolute Gasteiger partial charge is 0.336 e. The molecule has 0 saturated heterocycles. The summed E-state index contributed by atoms with van der Waals surface area (Å²) in [5.41, 5.74) is 0.502. The number of benzene rings is 2. The van der Waals surface area contributed by atoms with Crippen LogP contribution in [0.3, 0.4) is 0 Å². The van der Waals surface area contributed by atoms with Gasteiger partial charge in [-0.05, 0) is 41.5 Å². The van der Waals surface area contributed by atoms with Gasteiger partial charge < -0.3 is 15.3 Å². The third kappa shape index (κ3) is 3.87. The number of nitrogens with two attached hydrogens (primary N) is 1. The Hall–Kier alpha value is -2.84. The lowest BCUT2D eigenvalue weighted by molar-refractivity contribution is -0.130. The molecule has 2 aromatic carbocycles. The molecule has 23 heavy (non-hydrogen) atoms. The number of aromatic hydroxyl groups is 2. The lowest BCUT2D eigenvalue weighted by atomic mass is 10.0. The maximum Gasteiger partial charge on any atom is 0.336 e. The molecule has 0 fully saturated rings. The fourth-order valence-corrected chi connectivity index (χ4v) is 2.41. The molecule has 0 amide bonds. The van der Waals surface area contributed by atoms with Crippen molar-refractivity contribution in [3.05, 3.63) is 53.6 Å². The third-order valence-electron chi connectivity index (χ3n) is 3.03. The highest BCUT2D eigenvalue weighted by Crippen LogP contribution is 2.27. The zero-order valence-corrected chi connectivity index (χ0v) is 12.5. The van der Waals surface area contributed by atoms with Crippen molar-refractivity contribution in [2.24, 2.45) is 5.14 Å². The van der Waals surface area contributed by atoms with Crippen LogP contribution in [0.2, 0.25) is 0 Å². The van der Waals surface area contributed by atoms with E-state index in [1.54, 1.807) is 0 Å². The summed E-state index contributed by atoms with van der Waals surface area (Å²) >= 11 is 0. The number of hydrogen-bond acceptors (Lipinski definition) is 5. The van der Waals surface area contributed by atoms with E-state index in [9.17, 15) is 28.5 Å². The minimum atomic E-state index is -3.86. The molecule has 0 spiro atoms. The van der Waals surface area contributed by atoms with E-state index in [1.807, 2.05) is 0 Å². The van der Waals surface area contributed by atoms with Gasteiger partial charge in [0.25, 0.3) is 0 Å². The van der Waals surface area contributed by atoms with E-state index in [0.29, 0.717) is 5.56 Å².